The summed E-state index contributed by atoms with van der Waals surface area (Å²) in [4.78, 5) is 13.2. The maximum Gasteiger partial charge on any atom is 0.419 e. The van der Waals surface area contributed by atoms with Gasteiger partial charge in [-0.05, 0) is 17.7 Å². The predicted molar refractivity (Wildman–Crippen MR) is 70.2 cm³/mol. The normalized spacial score (nSPS) is 19.4. The summed E-state index contributed by atoms with van der Waals surface area (Å²) in [5.74, 6) is -1.24. The molecule has 3 nitrogen and oxygen atoms in total. The Balaban J connectivity index is 2.25. The molecule has 0 radical (unpaired) electrons. The van der Waals surface area contributed by atoms with E-state index in [1.165, 1.54) is 29.8 Å². The van der Waals surface area contributed by atoms with Crippen molar-refractivity contribution in [2.45, 2.75) is 11.6 Å². The predicted octanol–water partition coefficient (Wildman–Crippen LogP) is 3.06. The summed E-state index contributed by atoms with van der Waals surface area (Å²) in [6, 6.07) is 2.77. The fourth-order valence-corrected chi connectivity index (χ4v) is 3.28. The van der Waals surface area contributed by atoms with E-state index in [9.17, 15) is 22.4 Å². The zero-order valence-electron chi connectivity index (χ0n) is 11.1. The third-order valence-electron chi connectivity index (χ3n) is 3.09. The first-order chi connectivity index (χ1) is 9.84. The molecule has 0 saturated carbocycles. The van der Waals surface area contributed by atoms with E-state index in [-0.39, 0.29) is 11.7 Å². The van der Waals surface area contributed by atoms with Crippen LogP contribution < -0.4 is 0 Å². The minimum atomic E-state index is -4.73. The van der Waals surface area contributed by atoms with Crippen LogP contribution in [0, 0.1) is 5.82 Å². The van der Waals surface area contributed by atoms with Gasteiger partial charge in [0.2, 0.25) is 5.91 Å². The van der Waals surface area contributed by atoms with Crippen molar-refractivity contribution in [1.29, 1.82) is 0 Å². The van der Waals surface area contributed by atoms with Gasteiger partial charge in [0.15, 0.2) is 0 Å². The fraction of sp³-hybridized carbons (Fsp3) is 0.462. The molecular weight excluding hydrogens is 310 g/mol. The zero-order valence-corrected chi connectivity index (χ0v) is 11.9. The van der Waals surface area contributed by atoms with Crippen molar-refractivity contribution < 1.29 is 27.1 Å². The number of hydrogen-bond acceptors (Lipinski definition) is 3. The van der Waals surface area contributed by atoms with Gasteiger partial charge in [0, 0.05) is 13.7 Å². The Labute approximate surface area is 123 Å². The molecular formula is C13H13F4NO2S. The van der Waals surface area contributed by atoms with Gasteiger partial charge in [-0.3, -0.25) is 4.79 Å². The highest BCUT2D eigenvalue weighted by Crippen LogP contribution is 2.40. The molecule has 21 heavy (non-hydrogen) atoms. The number of halogens is 4. The molecule has 0 spiro atoms. The molecule has 1 aromatic rings. The summed E-state index contributed by atoms with van der Waals surface area (Å²) in [6.07, 6.45) is -4.73. The number of benzene rings is 1. The summed E-state index contributed by atoms with van der Waals surface area (Å²) >= 11 is 1.26. The van der Waals surface area contributed by atoms with Crippen LogP contribution in [0.4, 0.5) is 17.6 Å². The van der Waals surface area contributed by atoms with E-state index >= 15 is 0 Å². The number of hydrogen-bond donors (Lipinski definition) is 0. The first-order valence-corrected chi connectivity index (χ1v) is 7.16. The lowest BCUT2D eigenvalue weighted by atomic mass is 10.1. The summed E-state index contributed by atoms with van der Waals surface area (Å²) in [5.41, 5.74) is -0.962. The molecule has 1 aliphatic rings. The van der Waals surface area contributed by atoms with Gasteiger partial charge in [-0.2, -0.15) is 13.2 Å². The number of methoxy groups -OCH3 is 1. The highest BCUT2D eigenvalue weighted by atomic mass is 32.2. The molecule has 1 aliphatic heterocycles. The lowest BCUT2D eigenvalue weighted by molar-refractivity contribution is -0.140. The summed E-state index contributed by atoms with van der Waals surface area (Å²) in [5, 5.41) is -0.482. The number of thioether (sulfide) groups is 1. The molecule has 0 aromatic heterocycles. The molecule has 1 aromatic carbocycles. The monoisotopic (exact) mass is 323 g/mol. The number of ether oxygens (including phenoxy) is 1. The van der Waals surface area contributed by atoms with E-state index < -0.39 is 22.9 Å². The molecule has 116 valence electrons. The van der Waals surface area contributed by atoms with Gasteiger partial charge in [-0.1, -0.05) is 6.07 Å². The Morgan fingerprint density at radius 1 is 1.43 bits per heavy atom. The van der Waals surface area contributed by atoms with Crippen LogP contribution in [-0.2, 0) is 15.7 Å². The molecule has 1 atom stereocenters. The second-order valence-corrected chi connectivity index (χ2v) is 5.55. The molecule has 0 aliphatic carbocycles. The number of carbonyl (C=O) groups is 1. The van der Waals surface area contributed by atoms with E-state index in [0.717, 1.165) is 6.07 Å². The molecule has 1 fully saturated rings. The Morgan fingerprint density at radius 3 is 2.71 bits per heavy atom. The van der Waals surface area contributed by atoms with E-state index in [1.54, 1.807) is 0 Å². The molecule has 1 unspecified atom stereocenters. The molecule has 1 heterocycles. The molecule has 1 saturated heterocycles. The van der Waals surface area contributed by atoms with Crippen LogP contribution in [0.1, 0.15) is 16.5 Å². The fourth-order valence-electron chi connectivity index (χ4n) is 2.08. The van der Waals surface area contributed by atoms with Crippen molar-refractivity contribution in [3.8, 4) is 0 Å². The second kappa shape index (κ2) is 6.23. The maximum atomic E-state index is 13.6. The number of alkyl halides is 3. The smallest absolute Gasteiger partial charge is 0.383 e. The van der Waals surface area contributed by atoms with E-state index in [1.807, 2.05) is 0 Å². The van der Waals surface area contributed by atoms with Crippen molar-refractivity contribution in [2.75, 3.05) is 26.0 Å². The molecule has 2 rings (SSSR count). The Morgan fingerprint density at radius 2 is 2.14 bits per heavy atom. The van der Waals surface area contributed by atoms with Gasteiger partial charge in [-0.15, -0.1) is 11.8 Å². The lowest BCUT2D eigenvalue weighted by Gasteiger charge is -2.24. The van der Waals surface area contributed by atoms with Crippen LogP contribution in [0.15, 0.2) is 18.2 Å². The first-order valence-electron chi connectivity index (χ1n) is 6.11. The number of rotatable bonds is 4. The van der Waals surface area contributed by atoms with E-state index in [0.29, 0.717) is 24.8 Å². The Hall–Kier alpha value is -1.28. The van der Waals surface area contributed by atoms with Crippen molar-refractivity contribution in [3.63, 3.8) is 0 Å². The quantitative estimate of drug-likeness (QED) is 0.798. The van der Waals surface area contributed by atoms with Gasteiger partial charge in [0.05, 0.1) is 17.9 Å². The summed E-state index contributed by atoms with van der Waals surface area (Å²) in [6.45, 7) is 0.627. The van der Waals surface area contributed by atoms with E-state index in [4.69, 9.17) is 4.74 Å². The third-order valence-corrected chi connectivity index (χ3v) is 4.34. The van der Waals surface area contributed by atoms with Gasteiger partial charge >= 0.3 is 6.18 Å². The van der Waals surface area contributed by atoms with Gasteiger partial charge in [-0.25, -0.2) is 4.39 Å². The molecule has 8 heteroatoms. The molecule has 1 amide bonds. The van der Waals surface area contributed by atoms with E-state index in [2.05, 4.69) is 0 Å². The largest absolute Gasteiger partial charge is 0.419 e. The number of carbonyl (C=O) groups excluding carboxylic acids is 1. The maximum absolute atomic E-state index is 13.6. The van der Waals surface area contributed by atoms with Crippen LogP contribution in [0.3, 0.4) is 0 Å². The minimum Gasteiger partial charge on any atom is -0.383 e. The van der Waals surface area contributed by atoms with Crippen LogP contribution in [0.25, 0.3) is 0 Å². The average molecular weight is 323 g/mol. The number of nitrogens with zero attached hydrogens (tertiary/aromatic N) is 1. The van der Waals surface area contributed by atoms with Crippen molar-refractivity contribution in [1.82, 2.24) is 4.90 Å². The minimum absolute atomic E-state index is 0.137. The first kappa shape index (κ1) is 16.1. The van der Waals surface area contributed by atoms with Gasteiger partial charge in [0.25, 0.3) is 0 Å². The van der Waals surface area contributed by atoms with Crippen LogP contribution in [0.2, 0.25) is 0 Å². The van der Waals surface area contributed by atoms with Crippen LogP contribution >= 0.6 is 11.8 Å². The second-order valence-electron chi connectivity index (χ2n) is 4.48. The summed E-state index contributed by atoms with van der Waals surface area (Å²) < 4.78 is 56.1. The van der Waals surface area contributed by atoms with Crippen molar-refractivity contribution in [3.05, 3.63) is 35.1 Å². The number of amides is 1. The average Bonchev–Trinajstić information content (AvgIpc) is 2.76. The SMILES string of the molecule is COCCN1C(=O)CSC1c1ccc(C(F)(F)F)c(F)c1. The Kier molecular flexibility index (Phi) is 4.77. The Bertz CT molecular complexity index is 535. The van der Waals surface area contributed by atoms with Gasteiger partial charge < -0.3 is 9.64 Å². The highest BCUT2D eigenvalue weighted by molar-refractivity contribution is 8.00. The van der Waals surface area contributed by atoms with Crippen LogP contribution in [0.5, 0.6) is 0 Å². The topological polar surface area (TPSA) is 29.5 Å². The third kappa shape index (κ3) is 3.49. The lowest BCUT2D eigenvalue weighted by Crippen LogP contribution is -2.31. The van der Waals surface area contributed by atoms with Crippen molar-refractivity contribution in [2.24, 2.45) is 0 Å². The van der Waals surface area contributed by atoms with Gasteiger partial charge in [0.1, 0.15) is 11.2 Å². The molecule has 0 bridgehead atoms. The highest BCUT2D eigenvalue weighted by Gasteiger charge is 2.36. The zero-order chi connectivity index (χ0) is 15.6. The summed E-state index contributed by atoms with van der Waals surface area (Å²) in [7, 11) is 1.49. The standard InChI is InChI=1S/C13H13F4NO2S/c1-20-5-4-18-11(19)7-21-12(18)8-2-3-9(10(14)6-8)13(15,16)17/h2-3,6,12H,4-5,7H2,1H3. The van der Waals surface area contributed by atoms with Crippen molar-refractivity contribution >= 4 is 17.7 Å². The van der Waals surface area contributed by atoms with Crippen LogP contribution in [-0.4, -0.2) is 36.8 Å². The molecule has 0 N–H and O–H groups in total.